The zero-order chi connectivity index (χ0) is 17.1. The van der Waals surface area contributed by atoms with E-state index in [4.69, 9.17) is 4.42 Å². The minimum atomic E-state index is -0.345. The molecule has 1 amide bonds. The van der Waals surface area contributed by atoms with Crippen LogP contribution in [0.5, 0.6) is 0 Å². The summed E-state index contributed by atoms with van der Waals surface area (Å²) >= 11 is 0. The fourth-order valence-electron chi connectivity index (χ4n) is 2.19. The standard InChI is InChI=1S/C16H16FN5O2/c1-10(22-9-18-8-20-22)7-19-15(23)14-11(2)24-16(21-14)12-3-5-13(17)6-4-12/h3-6,8-10H,7H2,1-2H3,(H,19,23)/t10-/m1/s1. The highest BCUT2D eigenvalue weighted by Gasteiger charge is 2.19. The molecule has 0 fully saturated rings. The van der Waals surface area contributed by atoms with Gasteiger partial charge in [0.15, 0.2) is 5.69 Å². The number of rotatable bonds is 5. The van der Waals surface area contributed by atoms with E-state index in [1.807, 2.05) is 6.92 Å². The van der Waals surface area contributed by atoms with Gasteiger partial charge in [-0.05, 0) is 38.1 Å². The fourth-order valence-corrected chi connectivity index (χ4v) is 2.19. The lowest BCUT2D eigenvalue weighted by Gasteiger charge is -2.11. The zero-order valence-electron chi connectivity index (χ0n) is 13.2. The number of carbonyl (C=O) groups is 1. The van der Waals surface area contributed by atoms with Crippen molar-refractivity contribution in [3.8, 4) is 11.5 Å². The number of hydrogen-bond acceptors (Lipinski definition) is 5. The summed E-state index contributed by atoms with van der Waals surface area (Å²) in [5, 5.41) is 6.82. The van der Waals surface area contributed by atoms with E-state index in [0.717, 1.165) is 0 Å². The first kappa shape index (κ1) is 15.9. The van der Waals surface area contributed by atoms with Crippen molar-refractivity contribution < 1.29 is 13.6 Å². The second-order valence-corrected chi connectivity index (χ2v) is 5.37. The first-order valence-corrected chi connectivity index (χ1v) is 7.40. The van der Waals surface area contributed by atoms with Crippen molar-refractivity contribution in [3.63, 3.8) is 0 Å². The highest BCUT2D eigenvalue weighted by atomic mass is 19.1. The Bertz CT molecular complexity index is 827. The number of oxazole rings is 1. The van der Waals surface area contributed by atoms with Crippen LogP contribution >= 0.6 is 0 Å². The van der Waals surface area contributed by atoms with Gasteiger partial charge in [0.1, 0.15) is 24.2 Å². The molecule has 124 valence electrons. The molecule has 0 saturated heterocycles. The maximum atomic E-state index is 13.0. The molecule has 0 bridgehead atoms. The maximum Gasteiger partial charge on any atom is 0.273 e. The largest absolute Gasteiger partial charge is 0.441 e. The van der Waals surface area contributed by atoms with Crippen molar-refractivity contribution >= 4 is 5.91 Å². The number of carbonyl (C=O) groups excluding carboxylic acids is 1. The van der Waals surface area contributed by atoms with E-state index in [9.17, 15) is 9.18 Å². The summed E-state index contributed by atoms with van der Waals surface area (Å²) in [5.74, 6) is 0.000814. The number of benzene rings is 1. The molecule has 0 saturated carbocycles. The monoisotopic (exact) mass is 329 g/mol. The first-order valence-electron chi connectivity index (χ1n) is 7.40. The number of nitrogens with one attached hydrogen (secondary N) is 1. The molecule has 7 nitrogen and oxygen atoms in total. The molecule has 0 aliphatic rings. The lowest BCUT2D eigenvalue weighted by atomic mass is 10.2. The fraction of sp³-hybridized carbons (Fsp3) is 0.250. The van der Waals surface area contributed by atoms with E-state index in [-0.39, 0.29) is 29.4 Å². The van der Waals surface area contributed by atoms with E-state index in [0.29, 0.717) is 17.9 Å². The van der Waals surface area contributed by atoms with E-state index in [1.165, 1.54) is 18.5 Å². The predicted octanol–water partition coefficient (Wildman–Crippen LogP) is 2.37. The molecule has 0 unspecified atom stereocenters. The molecule has 8 heteroatoms. The minimum Gasteiger partial charge on any atom is -0.441 e. The van der Waals surface area contributed by atoms with Gasteiger partial charge in [0.05, 0.1) is 6.04 Å². The maximum absolute atomic E-state index is 13.0. The average Bonchev–Trinajstić information content (AvgIpc) is 3.23. The molecule has 1 atom stereocenters. The van der Waals surface area contributed by atoms with Crippen LogP contribution in [0, 0.1) is 12.7 Å². The van der Waals surface area contributed by atoms with Gasteiger partial charge in [0, 0.05) is 12.1 Å². The normalized spacial score (nSPS) is 12.1. The Kier molecular flexibility index (Phi) is 4.37. The van der Waals surface area contributed by atoms with Crippen molar-refractivity contribution in [3.05, 3.63) is 54.2 Å². The number of halogens is 1. The van der Waals surface area contributed by atoms with E-state index in [1.54, 1.807) is 30.1 Å². The van der Waals surface area contributed by atoms with Crippen LogP contribution in [0.3, 0.4) is 0 Å². The molecule has 0 radical (unpaired) electrons. The molecule has 1 aromatic carbocycles. The zero-order valence-corrected chi connectivity index (χ0v) is 13.2. The molecule has 24 heavy (non-hydrogen) atoms. The van der Waals surface area contributed by atoms with Crippen molar-refractivity contribution in [2.75, 3.05) is 6.54 Å². The summed E-state index contributed by atoms with van der Waals surface area (Å²) in [6.45, 7) is 3.95. The first-order chi connectivity index (χ1) is 11.5. The number of hydrogen-bond donors (Lipinski definition) is 1. The Morgan fingerprint density at radius 3 is 2.79 bits per heavy atom. The van der Waals surface area contributed by atoms with Crippen LogP contribution in [0.4, 0.5) is 4.39 Å². The molecular weight excluding hydrogens is 313 g/mol. The highest BCUT2D eigenvalue weighted by molar-refractivity contribution is 5.93. The molecular formula is C16H16FN5O2. The number of amides is 1. The van der Waals surface area contributed by atoms with Crippen LogP contribution in [0.15, 0.2) is 41.3 Å². The average molecular weight is 329 g/mol. The summed E-state index contributed by atoms with van der Waals surface area (Å²) < 4.78 is 20.2. The second-order valence-electron chi connectivity index (χ2n) is 5.37. The van der Waals surface area contributed by atoms with Crippen LogP contribution in [0.25, 0.3) is 11.5 Å². The topological polar surface area (TPSA) is 85.8 Å². The molecule has 0 aliphatic heterocycles. The Balaban J connectivity index is 1.70. The summed E-state index contributed by atoms with van der Waals surface area (Å²) in [4.78, 5) is 20.4. The predicted molar refractivity (Wildman–Crippen MR) is 83.7 cm³/mol. The van der Waals surface area contributed by atoms with Crippen LogP contribution in [0.1, 0.15) is 29.2 Å². The van der Waals surface area contributed by atoms with Gasteiger partial charge in [-0.3, -0.25) is 4.79 Å². The summed E-state index contributed by atoms with van der Waals surface area (Å²) in [6.07, 6.45) is 3.03. The van der Waals surface area contributed by atoms with Gasteiger partial charge in [-0.1, -0.05) is 0 Å². The van der Waals surface area contributed by atoms with Crippen molar-refractivity contribution in [1.29, 1.82) is 0 Å². The lowest BCUT2D eigenvalue weighted by molar-refractivity contribution is 0.0942. The molecule has 3 aromatic rings. The molecule has 3 rings (SSSR count). The minimum absolute atomic E-state index is 0.0415. The van der Waals surface area contributed by atoms with Gasteiger partial charge < -0.3 is 9.73 Å². The smallest absolute Gasteiger partial charge is 0.273 e. The summed E-state index contributed by atoms with van der Waals surface area (Å²) in [6, 6.07) is 5.69. The van der Waals surface area contributed by atoms with Gasteiger partial charge in [-0.25, -0.2) is 19.0 Å². The van der Waals surface area contributed by atoms with Crippen molar-refractivity contribution in [1.82, 2.24) is 25.1 Å². The van der Waals surface area contributed by atoms with Crippen LogP contribution in [-0.4, -0.2) is 32.2 Å². The number of aromatic nitrogens is 4. The van der Waals surface area contributed by atoms with Gasteiger partial charge in [0.2, 0.25) is 5.89 Å². The summed E-state index contributed by atoms with van der Waals surface area (Å²) in [5.41, 5.74) is 0.814. The van der Waals surface area contributed by atoms with Crippen molar-refractivity contribution in [2.24, 2.45) is 0 Å². The third-order valence-corrected chi connectivity index (χ3v) is 3.55. The summed E-state index contributed by atoms with van der Waals surface area (Å²) in [7, 11) is 0. The van der Waals surface area contributed by atoms with E-state index < -0.39 is 0 Å². The lowest BCUT2D eigenvalue weighted by Crippen LogP contribution is -2.30. The van der Waals surface area contributed by atoms with Crippen LogP contribution < -0.4 is 5.32 Å². The number of aryl methyl sites for hydroxylation is 1. The Labute approximate surface area is 137 Å². The van der Waals surface area contributed by atoms with E-state index >= 15 is 0 Å². The van der Waals surface area contributed by atoms with Crippen LogP contribution in [-0.2, 0) is 0 Å². The van der Waals surface area contributed by atoms with Gasteiger partial charge in [-0.15, -0.1) is 0 Å². The Morgan fingerprint density at radius 2 is 2.12 bits per heavy atom. The molecule has 0 aliphatic carbocycles. The highest BCUT2D eigenvalue weighted by Crippen LogP contribution is 2.22. The Morgan fingerprint density at radius 1 is 1.38 bits per heavy atom. The number of nitrogens with zero attached hydrogens (tertiary/aromatic N) is 4. The van der Waals surface area contributed by atoms with Gasteiger partial charge in [0.25, 0.3) is 5.91 Å². The van der Waals surface area contributed by atoms with E-state index in [2.05, 4.69) is 20.4 Å². The second kappa shape index (κ2) is 6.61. The quantitative estimate of drug-likeness (QED) is 0.776. The third kappa shape index (κ3) is 3.32. The van der Waals surface area contributed by atoms with Gasteiger partial charge in [-0.2, -0.15) is 5.10 Å². The molecule has 2 aromatic heterocycles. The van der Waals surface area contributed by atoms with Crippen LogP contribution in [0.2, 0.25) is 0 Å². The SMILES string of the molecule is Cc1oc(-c2ccc(F)cc2)nc1C(=O)NC[C@@H](C)n1cncn1. The molecule has 0 spiro atoms. The molecule has 1 N–H and O–H groups in total. The third-order valence-electron chi connectivity index (χ3n) is 3.55. The molecule has 2 heterocycles. The Hall–Kier alpha value is -3.03. The van der Waals surface area contributed by atoms with Crippen molar-refractivity contribution in [2.45, 2.75) is 19.9 Å². The van der Waals surface area contributed by atoms with Gasteiger partial charge >= 0.3 is 0 Å².